The molecule has 2 atom stereocenters. The monoisotopic (exact) mass is 362 g/mol. The molecule has 0 radical (unpaired) electrons. The molecule has 2 aromatic carbocycles. The number of cyclic esters (lactones) is 1. The van der Waals surface area contributed by atoms with Gasteiger partial charge in [-0.3, -0.25) is 14.5 Å². The van der Waals surface area contributed by atoms with Gasteiger partial charge in [-0.15, -0.1) is 0 Å². The fourth-order valence-electron chi connectivity index (χ4n) is 3.51. The molecule has 27 heavy (non-hydrogen) atoms. The van der Waals surface area contributed by atoms with Crippen LogP contribution in [-0.2, 0) is 19.1 Å². The highest BCUT2D eigenvalue weighted by Crippen LogP contribution is 2.35. The minimum absolute atomic E-state index is 0.0623. The Kier molecular flexibility index (Phi) is 4.11. The predicted octanol–water partition coefficient (Wildman–Crippen LogP) is 2.72. The molecular weight excluding hydrogens is 344 g/mol. The number of ether oxygens (including phenoxy) is 1. The minimum Gasteiger partial charge on any atom is -0.405 e. The van der Waals surface area contributed by atoms with Crippen LogP contribution in [0.2, 0.25) is 0 Å². The second-order valence-electron chi connectivity index (χ2n) is 6.95. The largest absolute Gasteiger partial charge is 0.405 e. The summed E-state index contributed by atoms with van der Waals surface area (Å²) in [4.78, 5) is 43.3. The fraction of sp³-hybridized carbons (Fsp3) is 0.238. The second-order valence-corrected chi connectivity index (χ2v) is 6.95. The fourth-order valence-corrected chi connectivity index (χ4v) is 3.51. The van der Waals surface area contributed by atoms with E-state index >= 15 is 0 Å². The molecule has 0 aromatic heterocycles. The van der Waals surface area contributed by atoms with Crippen LogP contribution in [0.5, 0.6) is 0 Å². The molecule has 0 aliphatic carbocycles. The Balaban J connectivity index is 1.57. The summed E-state index contributed by atoms with van der Waals surface area (Å²) in [6, 6.07) is 17.9. The van der Waals surface area contributed by atoms with Gasteiger partial charge >= 0.3 is 5.97 Å². The van der Waals surface area contributed by atoms with Gasteiger partial charge in [0, 0.05) is 12.0 Å². The molecule has 2 amide bonds. The summed E-state index contributed by atoms with van der Waals surface area (Å²) in [7, 11) is 0. The van der Waals surface area contributed by atoms with E-state index in [1.807, 2.05) is 24.3 Å². The molecule has 1 fully saturated rings. The molecule has 2 aliphatic rings. The van der Waals surface area contributed by atoms with Gasteiger partial charge in [0.25, 0.3) is 0 Å². The van der Waals surface area contributed by atoms with E-state index in [1.54, 1.807) is 43.3 Å². The zero-order chi connectivity index (χ0) is 19.0. The van der Waals surface area contributed by atoms with Gasteiger partial charge in [0.1, 0.15) is 0 Å². The van der Waals surface area contributed by atoms with Gasteiger partial charge < -0.3 is 4.74 Å². The van der Waals surface area contributed by atoms with Crippen molar-refractivity contribution in [3.05, 3.63) is 66.2 Å². The Labute approximate surface area is 156 Å². The Morgan fingerprint density at radius 3 is 2.33 bits per heavy atom. The number of benzene rings is 2. The number of imide groups is 1. The number of rotatable bonds is 4. The molecule has 136 valence electrons. The normalized spacial score (nSPS) is 24.9. The number of nitrogens with zero attached hydrogens (tertiary/aromatic N) is 2. The standard InChI is InChI=1S/C21H18N2O4/c1-21(20(26)27-18(22-21)14-8-4-2-5-9-14)13-15-12-17(24)23(19(15)25)16-10-6-3-7-11-16/h2-11,15H,12-13H2,1H3/t15-,21-/m0/s1. The zero-order valence-electron chi connectivity index (χ0n) is 14.8. The Bertz CT molecular complexity index is 939. The van der Waals surface area contributed by atoms with Crippen molar-refractivity contribution in [2.45, 2.75) is 25.3 Å². The van der Waals surface area contributed by atoms with Crippen molar-refractivity contribution in [2.75, 3.05) is 4.90 Å². The lowest BCUT2D eigenvalue weighted by atomic mass is 9.88. The first kappa shape index (κ1) is 17.1. The van der Waals surface area contributed by atoms with Crippen LogP contribution in [0.1, 0.15) is 25.3 Å². The molecule has 2 heterocycles. The van der Waals surface area contributed by atoms with Crippen LogP contribution in [0, 0.1) is 5.92 Å². The van der Waals surface area contributed by atoms with Gasteiger partial charge in [-0.25, -0.2) is 9.79 Å². The summed E-state index contributed by atoms with van der Waals surface area (Å²) in [5.74, 6) is -1.42. The van der Waals surface area contributed by atoms with E-state index in [0.717, 1.165) is 0 Å². The predicted molar refractivity (Wildman–Crippen MR) is 99.1 cm³/mol. The summed E-state index contributed by atoms with van der Waals surface area (Å²) >= 11 is 0. The first-order chi connectivity index (χ1) is 13.0. The summed E-state index contributed by atoms with van der Waals surface area (Å²) in [6.45, 7) is 1.65. The maximum atomic E-state index is 12.8. The molecular formula is C21H18N2O4. The van der Waals surface area contributed by atoms with E-state index in [1.165, 1.54) is 4.90 Å². The number of aliphatic imine (C=N–C) groups is 1. The Morgan fingerprint density at radius 1 is 1.04 bits per heavy atom. The molecule has 4 rings (SSSR count). The number of esters is 1. The van der Waals surface area contributed by atoms with E-state index in [2.05, 4.69) is 4.99 Å². The quantitative estimate of drug-likeness (QED) is 0.619. The Morgan fingerprint density at radius 2 is 1.67 bits per heavy atom. The lowest BCUT2D eigenvalue weighted by Gasteiger charge is -2.20. The van der Waals surface area contributed by atoms with E-state index in [9.17, 15) is 14.4 Å². The van der Waals surface area contributed by atoms with Crippen LogP contribution in [-0.4, -0.2) is 29.2 Å². The first-order valence-corrected chi connectivity index (χ1v) is 8.77. The van der Waals surface area contributed by atoms with Gasteiger partial charge in [-0.1, -0.05) is 36.4 Å². The number of carbonyl (C=O) groups excluding carboxylic acids is 3. The van der Waals surface area contributed by atoms with E-state index < -0.39 is 17.4 Å². The average Bonchev–Trinajstić information content (AvgIpc) is 3.12. The van der Waals surface area contributed by atoms with Crippen molar-refractivity contribution in [2.24, 2.45) is 10.9 Å². The SMILES string of the molecule is C[C@@]1(C[C@@H]2CC(=O)N(c3ccccc3)C2=O)N=C(c2ccccc2)OC1=O. The molecule has 2 aromatic rings. The number of carbonyl (C=O) groups is 3. The van der Waals surface area contributed by atoms with Gasteiger partial charge in [0.15, 0.2) is 5.54 Å². The molecule has 0 N–H and O–H groups in total. The number of anilines is 1. The molecule has 0 saturated carbocycles. The number of hydrogen-bond donors (Lipinski definition) is 0. The molecule has 0 bridgehead atoms. The highest BCUT2D eigenvalue weighted by atomic mass is 16.6. The number of hydrogen-bond acceptors (Lipinski definition) is 5. The molecule has 1 saturated heterocycles. The van der Waals surface area contributed by atoms with Crippen molar-refractivity contribution < 1.29 is 19.1 Å². The summed E-state index contributed by atoms with van der Waals surface area (Å²) < 4.78 is 5.35. The topological polar surface area (TPSA) is 76.0 Å². The molecule has 0 unspecified atom stereocenters. The highest BCUT2D eigenvalue weighted by molar-refractivity contribution is 6.21. The highest BCUT2D eigenvalue weighted by Gasteiger charge is 2.49. The van der Waals surface area contributed by atoms with Crippen molar-refractivity contribution in [1.29, 1.82) is 0 Å². The van der Waals surface area contributed by atoms with Crippen LogP contribution in [0.25, 0.3) is 0 Å². The van der Waals surface area contributed by atoms with Crippen LogP contribution < -0.4 is 4.90 Å². The summed E-state index contributed by atoms with van der Waals surface area (Å²) in [5, 5.41) is 0. The van der Waals surface area contributed by atoms with Gasteiger partial charge in [-0.2, -0.15) is 0 Å². The van der Waals surface area contributed by atoms with Crippen molar-refractivity contribution >= 4 is 29.4 Å². The summed E-state index contributed by atoms with van der Waals surface area (Å²) in [5.41, 5.74) is 0.0651. The molecule has 0 spiro atoms. The number of amides is 2. The van der Waals surface area contributed by atoms with Gasteiger partial charge in [0.2, 0.25) is 17.7 Å². The summed E-state index contributed by atoms with van der Waals surface area (Å²) in [6.07, 6.45) is 0.197. The lowest BCUT2D eigenvalue weighted by molar-refractivity contribution is -0.139. The smallest absolute Gasteiger partial charge is 0.340 e. The third-order valence-corrected chi connectivity index (χ3v) is 4.90. The van der Waals surface area contributed by atoms with Crippen molar-refractivity contribution in [3.63, 3.8) is 0 Å². The maximum Gasteiger partial charge on any atom is 0.340 e. The van der Waals surface area contributed by atoms with E-state index in [-0.39, 0.29) is 30.6 Å². The van der Waals surface area contributed by atoms with Crippen LogP contribution in [0.3, 0.4) is 0 Å². The number of para-hydroxylation sites is 1. The van der Waals surface area contributed by atoms with Gasteiger partial charge in [-0.05, 0) is 37.6 Å². The van der Waals surface area contributed by atoms with Crippen molar-refractivity contribution in [1.82, 2.24) is 0 Å². The lowest BCUT2D eigenvalue weighted by Crippen LogP contribution is -2.36. The van der Waals surface area contributed by atoms with Crippen molar-refractivity contribution in [3.8, 4) is 0 Å². The van der Waals surface area contributed by atoms with E-state index in [4.69, 9.17) is 4.74 Å². The first-order valence-electron chi connectivity index (χ1n) is 8.77. The minimum atomic E-state index is -1.18. The second kappa shape index (κ2) is 6.46. The zero-order valence-corrected chi connectivity index (χ0v) is 14.8. The third kappa shape index (κ3) is 3.03. The van der Waals surface area contributed by atoms with Crippen LogP contribution in [0.15, 0.2) is 65.7 Å². The van der Waals surface area contributed by atoms with Crippen LogP contribution >= 0.6 is 0 Å². The van der Waals surface area contributed by atoms with Gasteiger partial charge in [0.05, 0.1) is 11.6 Å². The molecule has 2 aliphatic heterocycles. The molecule has 6 heteroatoms. The third-order valence-electron chi connectivity index (χ3n) is 4.90. The van der Waals surface area contributed by atoms with E-state index in [0.29, 0.717) is 11.3 Å². The van der Waals surface area contributed by atoms with Crippen LogP contribution in [0.4, 0.5) is 5.69 Å². The average molecular weight is 362 g/mol. The Hall–Kier alpha value is -3.28. The maximum absolute atomic E-state index is 12.8. The molecule has 6 nitrogen and oxygen atoms in total.